The molecule has 0 spiro atoms. The number of carbonyl (C=O) groups is 1. The highest BCUT2D eigenvalue weighted by Gasteiger charge is 2.21. The van der Waals surface area contributed by atoms with Crippen LogP contribution in [0.4, 0.5) is 10.1 Å². The second-order valence-electron chi connectivity index (χ2n) is 7.34. The van der Waals surface area contributed by atoms with Crippen molar-refractivity contribution in [3.8, 4) is 0 Å². The van der Waals surface area contributed by atoms with E-state index in [1.54, 1.807) is 0 Å². The molecule has 0 amide bonds. The molecule has 0 aliphatic carbocycles. The van der Waals surface area contributed by atoms with E-state index in [9.17, 15) is 9.18 Å². The summed E-state index contributed by atoms with van der Waals surface area (Å²) in [5.41, 5.74) is 11.6. The second kappa shape index (κ2) is 8.53. The van der Waals surface area contributed by atoms with E-state index in [0.29, 0.717) is 12.2 Å². The maximum absolute atomic E-state index is 12.9. The zero-order valence-electron chi connectivity index (χ0n) is 16.0. The Bertz CT molecular complexity index is 803. The number of aryl methyl sites for hydroxylation is 1. The highest BCUT2D eigenvalue weighted by Crippen LogP contribution is 2.33. The van der Waals surface area contributed by atoms with Crippen LogP contribution in [-0.4, -0.2) is 31.7 Å². The number of anilines is 1. The Labute approximate surface area is 160 Å². The van der Waals surface area contributed by atoms with Crippen molar-refractivity contribution in [2.75, 3.05) is 24.6 Å². The summed E-state index contributed by atoms with van der Waals surface area (Å²) in [5.74, 6) is -0.771. The molecule has 3 rings (SSSR count). The number of esters is 1. The molecule has 1 heterocycles. The summed E-state index contributed by atoms with van der Waals surface area (Å²) in [7, 11) is 0. The van der Waals surface area contributed by atoms with E-state index in [1.807, 2.05) is 6.92 Å². The normalized spacial score (nSPS) is 14.1. The van der Waals surface area contributed by atoms with Gasteiger partial charge in [-0.25, -0.2) is 9.18 Å². The molecule has 144 valence electrons. The van der Waals surface area contributed by atoms with E-state index in [4.69, 9.17) is 10.5 Å². The van der Waals surface area contributed by atoms with E-state index in [-0.39, 0.29) is 11.9 Å². The number of fused-ring (bicyclic) bond motifs is 1. The number of hydrogen-bond donors (Lipinski definition) is 1. The average molecular weight is 370 g/mol. The predicted molar refractivity (Wildman–Crippen MR) is 106 cm³/mol. The molecule has 2 aromatic rings. The van der Waals surface area contributed by atoms with Gasteiger partial charge in [0.25, 0.3) is 0 Å². The minimum atomic E-state index is -0.409. The number of ether oxygens (including phenoxy) is 1. The number of rotatable bonds is 7. The Kier molecular flexibility index (Phi) is 6.11. The fourth-order valence-electron chi connectivity index (χ4n) is 3.75. The maximum atomic E-state index is 12.9. The SMILES string of the molecule is Cc1cc(C[C@@H](C)N)cc2c1N(CCCOC(=O)c1ccc(F)cc1)CC2. The number of nitrogens with zero attached hydrogens (tertiary/aromatic N) is 1. The largest absolute Gasteiger partial charge is 0.462 e. The molecule has 0 saturated heterocycles. The molecule has 4 nitrogen and oxygen atoms in total. The Morgan fingerprint density at radius 1 is 1.30 bits per heavy atom. The van der Waals surface area contributed by atoms with Crippen LogP contribution in [0.2, 0.25) is 0 Å². The van der Waals surface area contributed by atoms with Gasteiger partial charge >= 0.3 is 5.97 Å². The van der Waals surface area contributed by atoms with Crippen molar-refractivity contribution >= 4 is 11.7 Å². The molecule has 2 aromatic carbocycles. The van der Waals surface area contributed by atoms with Gasteiger partial charge in [-0.1, -0.05) is 12.1 Å². The number of carbonyl (C=O) groups excluding carboxylic acids is 1. The number of halogens is 1. The molecular formula is C22H27FN2O2. The average Bonchev–Trinajstić information content (AvgIpc) is 3.02. The first-order valence-electron chi connectivity index (χ1n) is 9.49. The Balaban J connectivity index is 1.52. The lowest BCUT2D eigenvalue weighted by atomic mass is 9.99. The number of benzene rings is 2. The summed E-state index contributed by atoms with van der Waals surface area (Å²) in [6.07, 6.45) is 2.69. The molecule has 2 N–H and O–H groups in total. The molecule has 1 atom stereocenters. The first kappa shape index (κ1) is 19.4. The lowest BCUT2D eigenvalue weighted by Crippen LogP contribution is -2.24. The highest BCUT2D eigenvalue weighted by atomic mass is 19.1. The van der Waals surface area contributed by atoms with Crippen LogP contribution in [0.5, 0.6) is 0 Å². The van der Waals surface area contributed by atoms with Gasteiger partial charge in [0.2, 0.25) is 0 Å². The molecule has 1 aliphatic rings. The van der Waals surface area contributed by atoms with Gasteiger partial charge in [0, 0.05) is 24.8 Å². The first-order chi connectivity index (χ1) is 12.9. The van der Waals surface area contributed by atoms with Crippen molar-refractivity contribution < 1.29 is 13.9 Å². The fraction of sp³-hybridized carbons (Fsp3) is 0.409. The third-order valence-corrected chi connectivity index (χ3v) is 4.85. The second-order valence-corrected chi connectivity index (χ2v) is 7.34. The van der Waals surface area contributed by atoms with E-state index < -0.39 is 5.97 Å². The van der Waals surface area contributed by atoms with Gasteiger partial charge in [0.1, 0.15) is 5.82 Å². The molecule has 0 saturated carbocycles. The van der Waals surface area contributed by atoms with Crippen LogP contribution in [0.3, 0.4) is 0 Å². The van der Waals surface area contributed by atoms with Crippen LogP contribution >= 0.6 is 0 Å². The third-order valence-electron chi connectivity index (χ3n) is 4.85. The van der Waals surface area contributed by atoms with Gasteiger partial charge in [-0.2, -0.15) is 0 Å². The molecule has 0 fully saturated rings. The standard InChI is InChI=1S/C22H27FN2O2/c1-15-12-17(13-16(2)24)14-19-8-10-25(21(15)19)9-3-11-27-22(26)18-4-6-20(23)7-5-18/h4-7,12,14,16H,3,8-11,13,24H2,1-2H3/t16-/m1/s1. The van der Waals surface area contributed by atoms with E-state index in [2.05, 4.69) is 24.0 Å². The summed E-state index contributed by atoms with van der Waals surface area (Å²) in [6.45, 7) is 6.36. The van der Waals surface area contributed by atoms with Crippen molar-refractivity contribution in [3.05, 3.63) is 64.5 Å². The van der Waals surface area contributed by atoms with Crippen LogP contribution in [0.1, 0.15) is 40.4 Å². The molecule has 0 radical (unpaired) electrons. The smallest absolute Gasteiger partial charge is 0.338 e. The van der Waals surface area contributed by atoms with Crippen molar-refractivity contribution in [2.24, 2.45) is 5.73 Å². The van der Waals surface area contributed by atoms with Crippen molar-refractivity contribution in [2.45, 2.75) is 39.2 Å². The minimum Gasteiger partial charge on any atom is -0.462 e. The van der Waals surface area contributed by atoms with Gasteiger partial charge in [0.05, 0.1) is 12.2 Å². The predicted octanol–water partition coefficient (Wildman–Crippen LogP) is 3.63. The van der Waals surface area contributed by atoms with Crippen LogP contribution in [0, 0.1) is 12.7 Å². The molecular weight excluding hydrogens is 343 g/mol. The lowest BCUT2D eigenvalue weighted by molar-refractivity contribution is 0.0502. The quantitative estimate of drug-likeness (QED) is 0.597. The Morgan fingerprint density at radius 2 is 2.04 bits per heavy atom. The lowest BCUT2D eigenvalue weighted by Gasteiger charge is -2.22. The molecule has 0 aromatic heterocycles. The third kappa shape index (κ3) is 4.86. The van der Waals surface area contributed by atoms with E-state index in [0.717, 1.165) is 32.4 Å². The molecule has 1 aliphatic heterocycles. The number of hydrogen-bond acceptors (Lipinski definition) is 4. The first-order valence-corrected chi connectivity index (χ1v) is 9.49. The van der Waals surface area contributed by atoms with Crippen molar-refractivity contribution in [3.63, 3.8) is 0 Å². The molecule has 27 heavy (non-hydrogen) atoms. The fourth-order valence-corrected chi connectivity index (χ4v) is 3.75. The van der Waals surface area contributed by atoms with Gasteiger partial charge < -0.3 is 15.4 Å². The van der Waals surface area contributed by atoms with Gasteiger partial charge in [-0.05, 0) is 74.1 Å². The summed E-state index contributed by atoms with van der Waals surface area (Å²) < 4.78 is 18.2. The molecule has 5 heteroatoms. The van der Waals surface area contributed by atoms with Gasteiger partial charge in [-0.3, -0.25) is 0 Å². The highest BCUT2D eigenvalue weighted by molar-refractivity contribution is 5.89. The Morgan fingerprint density at radius 3 is 2.74 bits per heavy atom. The summed E-state index contributed by atoms with van der Waals surface area (Å²) in [5, 5.41) is 0. The summed E-state index contributed by atoms with van der Waals surface area (Å²) >= 11 is 0. The zero-order valence-corrected chi connectivity index (χ0v) is 16.0. The topological polar surface area (TPSA) is 55.6 Å². The summed E-state index contributed by atoms with van der Waals surface area (Å²) in [6, 6.07) is 10.1. The Hall–Kier alpha value is -2.40. The van der Waals surface area contributed by atoms with Crippen LogP contribution in [0.15, 0.2) is 36.4 Å². The van der Waals surface area contributed by atoms with Gasteiger partial charge in [0.15, 0.2) is 0 Å². The zero-order chi connectivity index (χ0) is 19.4. The van der Waals surface area contributed by atoms with Crippen LogP contribution in [-0.2, 0) is 17.6 Å². The molecule has 0 unspecified atom stereocenters. The van der Waals surface area contributed by atoms with Crippen LogP contribution < -0.4 is 10.6 Å². The maximum Gasteiger partial charge on any atom is 0.338 e. The molecule has 0 bridgehead atoms. The van der Waals surface area contributed by atoms with Crippen molar-refractivity contribution in [1.82, 2.24) is 0 Å². The van der Waals surface area contributed by atoms with Gasteiger partial charge in [-0.15, -0.1) is 0 Å². The summed E-state index contributed by atoms with van der Waals surface area (Å²) in [4.78, 5) is 14.3. The van der Waals surface area contributed by atoms with Crippen molar-refractivity contribution in [1.29, 1.82) is 0 Å². The van der Waals surface area contributed by atoms with Crippen LogP contribution in [0.25, 0.3) is 0 Å². The van der Waals surface area contributed by atoms with E-state index >= 15 is 0 Å². The van der Waals surface area contributed by atoms with E-state index in [1.165, 1.54) is 46.6 Å². The monoisotopic (exact) mass is 370 g/mol. The number of nitrogens with two attached hydrogens (primary N) is 1. The minimum absolute atomic E-state index is 0.163.